The molecule has 3 saturated heterocycles. The number of hydrogen-bond donors (Lipinski definition) is 1. The molecule has 2 nitrogen and oxygen atoms in total. The van der Waals surface area contributed by atoms with Gasteiger partial charge in [0.25, 0.3) is 0 Å². The van der Waals surface area contributed by atoms with E-state index in [1.165, 1.54) is 43.4 Å². The maximum atomic E-state index is 8.92. The quantitative estimate of drug-likeness (QED) is 0.581. The summed E-state index contributed by atoms with van der Waals surface area (Å²) >= 11 is 0. The Balaban J connectivity index is 2.00. The molecule has 0 saturated carbocycles. The van der Waals surface area contributed by atoms with Crippen molar-refractivity contribution in [1.29, 1.82) is 0 Å². The molecular weight excluding hydrogens is 138 g/mol. The van der Waals surface area contributed by atoms with Gasteiger partial charge < -0.3 is 9.59 Å². The van der Waals surface area contributed by atoms with E-state index in [9.17, 15) is 0 Å². The van der Waals surface area contributed by atoms with Crippen LogP contribution in [0.15, 0.2) is 0 Å². The molecule has 2 heteroatoms. The van der Waals surface area contributed by atoms with E-state index in [4.69, 9.17) is 5.11 Å². The first-order valence-electron chi connectivity index (χ1n) is 4.81. The molecule has 0 spiro atoms. The molecule has 0 radical (unpaired) electrons. The second-order valence-corrected chi connectivity index (χ2v) is 4.19. The minimum atomic E-state index is 0.380. The van der Waals surface area contributed by atoms with Crippen LogP contribution in [0.2, 0.25) is 0 Å². The Hall–Kier alpha value is -0.0800. The number of rotatable bonds is 2. The Labute approximate surface area is 68.4 Å². The highest BCUT2D eigenvalue weighted by molar-refractivity contribution is 4.71. The molecule has 3 fully saturated rings. The van der Waals surface area contributed by atoms with Gasteiger partial charge in [-0.25, -0.2) is 0 Å². The molecule has 3 rings (SSSR count). The maximum absolute atomic E-state index is 8.92. The topological polar surface area (TPSA) is 20.2 Å². The smallest absolute Gasteiger partial charge is 0.102 e. The molecule has 0 atom stereocenters. The third-order valence-corrected chi connectivity index (χ3v) is 3.61. The molecule has 0 aromatic heterocycles. The first-order valence-corrected chi connectivity index (χ1v) is 4.81. The van der Waals surface area contributed by atoms with Gasteiger partial charge >= 0.3 is 0 Å². The molecule has 1 N–H and O–H groups in total. The minimum absolute atomic E-state index is 0.380. The summed E-state index contributed by atoms with van der Waals surface area (Å²) in [5.41, 5.74) is 0. The van der Waals surface area contributed by atoms with E-state index in [1.807, 2.05) is 0 Å². The van der Waals surface area contributed by atoms with E-state index < -0.39 is 0 Å². The molecule has 64 valence electrons. The van der Waals surface area contributed by atoms with E-state index in [2.05, 4.69) is 0 Å². The maximum Gasteiger partial charge on any atom is 0.102 e. The van der Waals surface area contributed by atoms with Gasteiger partial charge in [0.05, 0.1) is 26.2 Å². The summed E-state index contributed by atoms with van der Waals surface area (Å²) < 4.78 is 1.23. The van der Waals surface area contributed by atoms with Crippen LogP contribution < -0.4 is 0 Å². The van der Waals surface area contributed by atoms with Gasteiger partial charge in [-0.1, -0.05) is 0 Å². The second-order valence-electron chi connectivity index (χ2n) is 4.19. The zero-order chi connectivity index (χ0) is 7.73. The first-order chi connectivity index (χ1) is 5.35. The number of quaternary nitrogens is 1. The van der Waals surface area contributed by atoms with Crippen molar-refractivity contribution < 1.29 is 9.59 Å². The third-order valence-electron chi connectivity index (χ3n) is 3.61. The lowest BCUT2D eigenvalue weighted by Crippen LogP contribution is -2.59. The van der Waals surface area contributed by atoms with Gasteiger partial charge in [0.2, 0.25) is 0 Å². The molecule has 3 heterocycles. The van der Waals surface area contributed by atoms with Gasteiger partial charge in [-0.2, -0.15) is 0 Å². The van der Waals surface area contributed by atoms with E-state index in [0.29, 0.717) is 6.61 Å². The Morgan fingerprint density at radius 2 is 1.64 bits per heavy atom. The fraction of sp³-hybridized carbons (Fsp3) is 1.00. The fourth-order valence-electron chi connectivity index (χ4n) is 2.69. The summed E-state index contributed by atoms with van der Waals surface area (Å²) in [4.78, 5) is 0. The van der Waals surface area contributed by atoms with Crippen molar-refractivity contribution in [2.45, 2.75) is 19.3 Å². The van der Waals surface area contributed by atoms with Gasteiger partial charge in [-0.3, -0.25) is 0 Å². The molecular formula is C9H18NO+. The van der Waals surface area contributed by atoms with Crippen LogP contribution >= 0.6 is 0 Å². The van der Waals surface area contributed by atoms with Crippen molar-refractivity contribution in [2.75, 3.05) is 32.8 Å². The van der Waals surface area contributed by atoms with Crippen LogP contribution in [0.3, 0.4) is 0 Å². The van der Waals surface area contributed by atoms with Gasteiger partial charge in [-0.05, 0) is 25.2 Å². The largest absolute Gasteiger partial charge is 0.391 e. The second kappa shape index (κ2) is 2.76. The summed E-state index contributed by atoms with van der Waals surface area (Å²) in [6.45, 7) is 5.40. The summed E-state index contributed by atoms with van der Waals surface area (Å²) in [5, 5.41) is 8.92. The predicted octanol–water partition coefficient (Wildman–Crippen LogP) is 0.609. The summed E-state index contributed by atoms with van der Waals surface area (Å²) in [6, 6.07) is 0. The Morgan fingerprint density at radius 3 is 2.09 bits per heavy atom. The van der Waals surface area contributed by atoms with Gasteiger partial charge in [-0.15, -0.1) is 0 Å². The van der Waals surface area contributed by atoms with Crippen LogP contribution in [0.5, 0.6) is 0 Å². The number of hydrogen-bond acceptors (Lipinski definition) is 1. The third kappa shape index (κ3) is 1.30. The van der Waals surface area contributed by atoms with Crippen LogP contribution in [0.1, 0.15) is 19.3 Å². The van der Waals surface area contributed by atoms with Crippen LogP contribution in [-0.2, 0) is 0 Å². The van der Waals surface area contributed by atoms with Crippen LogP contribution in [0, 0.1) is 5.92 Å². The highest BCUT2D eigenvalue weighted by atomic mass is 16.3. The van der Waals surface area contributed by atoms with Crippen molar-refractivity contribution in [2.24, 2.45) is 5.92 Å². The van der Waals surface area contributed by atoms with Crippen molar-refractivity contribution in [3.63, 3.8) is 0 Å². The average molecular weight is 156 g/mol. The van der Waals surface area contributed by atoms with Crippen molar-refractivity contribution in [3.8, 4) is 0 Å². The normalized spacial score (nSPS) is 42.8. The SMILES string of the molecule is OCC[N+]12CCC(CC1)CC2. The number of aliphatic hydroxyl groups is 1. The fourth-order valence-corrected chi connectivity index (χ4v) is 2.69. The van der Waals surface area contributed by atoms with Crippen LogP contribution in [0.25, 0.3) is 0 Å². The molecule has 11 heavy (non-hydrogen) atoms. The lowest BCUT2D eigenvalue weighted by molar-refractivity contribution is -0.942. The number of piperidine rings is 3. The average Bonchev–Trinajstić information content (AvgIpc) is 2.07. The van der Waals surface area contributed by atoms with E-state index in [0.717, 1.165) is 12.5 Å². The van der Waals surface area contributed by atoms with E-state index in [1.54, 1.807) is 0 Å². The summed E-state index contributed by atoms with van der Waals surface area (Å²) in [7, 11) is 0. The van der Waals surface area contributed by atoms with Gasteiger partial charge in [0.15, 0.2) is 0 Å². The predicted molar refractivity (Wildman–Crippen MR) is 44.2 cm³/mol. The molecule has 0 aromatic rings. The minimum Gasteiger partial charge on any atom is -0.391 e. The van der Waals surface area contributed by atoms with E-state index in [-0.39, 0.29) is 0 Å². The number of aliphatic hydroxyl groups excluding tert-OH is 1. The van der Waals surface area contributed by atoms with Crippen molar-refractivity contribution >= 4 is 0 Å². The molecule has 3 aliphatic heterocycles. The monoisotopic (exact) mass is 156 g/mol. The van der Waals surface area contributed by atoms with Crippen LogP contribution in [-0.4, -0.2) is 42.4 Å². The van der Waals surface area contributed by atoms with Crippen LogP contribution in [0.4, 0.5) is 0 Å². The van der Waals surface area contributed by atoms with Gasteiger partial charge in [0, 0.05) is 0 Å². The Morgan fingerprint density at radius 1 is 1.09 bits per heavy atom. The first kappa shape index (κ1) is 7.56. The van der Waals surface area contributed by atoms with Gasteiger partial charge in [0.1, 0.15) is 6.54 Å². The highest BCUT2D eigenvalue weighted by Gasteiger charge is 2.38. The van der Waals surface area contributed by atoms with E-state index >= 15 is 0 Å². The molecule has 2 bridgehead atoms. The highest BCUT2D eigenvalue weighted by Crippen LogP contribution is 2.32. The summed E-state index contributed by atoms with van der Waals surface area (Å²) in [5.74, 6) is 1.04. The van der Waals surface area contributed by atoms with Crippen molar-refractivity contribution in [1.82, 2.24) is 0 Å². The number of fused-ring (bicyclic) bond motifs is 3. The molecule has 0 aromatic carbocycles. The zero-order valence-corrected chi connectivity index (χ0v) is 7.13. The lowest BCUT2D eigenvalue weighted by Gasteiger charge is -2.48. The molecule has 3 aliphatic rings. The Bertz CT molecular complexity index is 119. The Kier molecular flexibility index (Phi) is 1.90. The number of nitrogens with zero attached hydrogens (tertiary/aromatic N) is 1. The molecule has 0 unspecified atom stereocenters. The molecule has 0 aliphatic carbocycles. The molecule has 0 amide bonds. The summed E-state index contributed by atoms with van der Waals surface area (Å²) in [6.07, 6.45) is 4.25. The van der Waals surface area contributed by atoms with Crippen molar-refractivity contribution in [3.05, 3.63) is 0 Å². The standard InChI is InChI=1S/C9H18NO/c11-8-7-10-4-1-9(2-5-10)3-6-10/h9,11H,1-8H2/q+1. The lowest BCUT2D eigenvalue weighted by atomic mass is 9.86. The zero-order valence-electron chi connectivity index (χ0n) is 7.13.